The molecule has 0 aromatic heterocycles. The van der Waals surface area contributed by atoms with Gasteiger partial charge in [0.05, 0.1) is 0 Å². The summed E-state index contributed by atoms with van der Waals surface area (Å²) in [5.74, 6) is 0.972. The number of hydrogen-bond acceptors (Lipinski definition) is 2. The van der Waals surface area contributed by atoms with E-state index in [1.165, 1.54) is 32.1 Å². The summed E-state index contributed by atoms with van der Waals surface area (Å²) in [6.07, 6.45) is 7.48. The lowest BCUT2D eigenvalue weighted by Gasteiger charge is -2.40. The third kappa shape index (κ3) is 9.75. The molecule has 0 amide bonds. The molecule has 0 spiro atoms. The topological polar surface area (TPSA) is 45.7 Å². The van der Waals surface area contributed by atoms with E-state index in [1.807, 2.05) is 0 Å². The number of rotatable bonds is 9. The normalized spacial score (nSPS) is 17.2. The molecule has 5 heteroatoms. The summed E-state index contributed by atoms with van der Waals surface area (Å²) < 4.78 is 5.26. The molecule has 1 aliphatic carbocycles. The van der Waals surface area contributed by atoms with Gasteiger partial charge in [0.15, 0.2) is 5.96 Å². The highest BCUT2D eigenvalue weighted by Gasteiger charge is 2.36. The number of nitrogens with zero attached hydrogens (tertiary/aromatic N) is 1. The summed E-state index contributed by atoms with van der Waals surface area (Å²) in [6, 6.07) is 0. The maximum atomic E-state index is 5.26. The molecular weight excluding hydrogens is 401 g/mol. The van der Waals surface area contributed by atoms with E-state index in [0.29, 0.717) is 10.8 Å². The first-order valence-corrected chi connectivity index (χ1v) is 8.92. The first-order chi connectivity index (χ1) is 10.4. The van der Waals surface area contributed by atoms with Crippen molar-refractivity contribution in [2.75, 3.05) is 33.4 Å². The average Bonchev–Trinajstić information content (AvgIpc) is 2.40. The first kappa shape index (κ1) is 23.0. The summed E-state index contributed by atoms with van der Waals surface area (Å²) in [4.78, 5) is 4.83. The second-order valence-electron chi connectivity index (χ2n) is 7.88. The van der Waals surface area contributed by atoms with Crippen LogP contribution in [0.3, 0.4) is 0 Å². The number of halogens is 1. The van der Waals surface area contributed by atoms with Gasteiger partial charge >= 0.3 is 0 Å². The highest BCUT2D eigenvalue weighted by Crippen LogP contribution is 2.44. The minimum absolute atomic E-state index is 0. The van der Waals surface area contributed by atoms with E-state index >= 15 is 0 Å². The van der Waals surface area contributed by atoms with Crippen LogP contribution >= 0.6 is 24.0 Å². The fourth-order valence-electron chi connectivity index (χ4n) is 2.90. The van der Waals surface area contributed by atoms with Gasteiger partial charge < -0.3 is 15.4 Å². The molecule has 0 atom stereocenters. The molecule has 0 radical (unpaired) electrons. The van der Waals surface area contributed by atoms with Crippen LogP contribution in [-0.4, -0.2) is 39.3 Å². The highest BCUT2D eigenvalue weighted by molar-refractivity contribution is 14.0. The van der Waals surface area contributed by atoms with Gasteiger partial charge in [-0.15, -0.1) is 24.0 Å². The van der Waals surface area contributed by atoms with Crippen molar-refractivity contribution in [2.24, 2.45) is 15.8 Å². The van der Waals surface area contributed by atoms with Crippen molar-refractivity contribution in [3.63, 3.8) is 0 Å². The van der Waals surface area contributed by atoms with Gasteiger partial charge in [-0.2, -0.15) is 0 Å². The minimum Gasteiger partial charge on any atom is -0.385 e. The van der Waals surface area contributed by atoms with Gasteiger partial charge in [0.25, 0.3) is 0 Å². The number of hydrogen-bond donors (Lipinski definition) is 2. The van der Waals surface area contributed by atoms with Crippen molar-refractivity contribution in [1.82, 2.24) is 10.6 Å². The maximum Gasteiger partial charge on any atom is 0.191 e. The van der Waals surface area contributed by atoms with Crippen LogP contribution in [0.15, 0.2) is 4.99 Å². The Morgan fingerprint density at radius 2 is 1.91 bits per heavy atom. The van der Waals surface area contributed by atoms with Gasteiger partial charge in [-0.3, -0.25) is 4.99 Å². The molecule has 0 aromatic rings. The molecule has 0 bridgehead atoms. The lowest BCUT2D eigenvalue weighted by molar-refractivity contribution is 0.0778. The van der Waals surface area contributed by atoms with E-state index in [9.17, 15) is 0 Å². The Balaban J connectivity index is 0.00000484. The van der Waals surface area contributed by atoms with Crippen LogP contribution in [0.5, 0.6) is 0 Å². The third-order valence-corrected chi connectivity index (χ3v) is 4.56. The molecule has 0 aliphatic heterocycles. The molecule has 1 aliphatic rings. The van der Waals surface area contributed by atoms with E-state index in [4.69, 9.17) is 9.73 Å². The van der Waals surface area contributed by atoms with Gasteiger partial charge in [-0.25, -0.2) is 0 Å². The maximum absolute atomic E-state index is 5.26. The molecule has 0 unspecified atom stereocenters. The van der Waals surface area contributed by atoms with Crippen LogP contribution in [0, 0.1) is 10.8 Å². The third-order valence-electron chi connectivity index (χ3n) is 4.56. The predicted molar refractivity (Wildman–Crippen MR) is 111 cm³/mol. The first-order valence-electron chi connectivity index (χ1n) is 8.92. The average molecular weight is 439 g/mol. The van der Waals surface area contributed by atoms with Crippen molar-refractivity contribution in [3.05, 3.63) is 0 Å². The molecule has 0 saturated heterocycles. The van der Waals surface area contributed by atoms with Crippen molar-refractivity contribution in [1.29, 1.82) is 0 Å². The van der Waals surface area contributed by atoms with Gasteiger partial charge in [0.1, 0.15) is 0 Å². The molecule has 1 rings (SSSR count). The number of guanidine groups is 1. The number of methoxy groups -OCH3 is 1. The van der Waals surface area contributed by atoms with Gasteiger partial charge in [0.2, 0.25) is 0 Å². The van der Waals surface area contributed by atoms with Crippen LogP contribution < -0.4 is 10.6 Å². The van der Waals surface area contributed by atoms with Gasteiger partial charge in [-0.1, -0.05) is 27.2 Å². The predicted octanol–water partition coefficient (Wildman–Crippen LogP) is 4.19. The lowest BCUT2D eigenvalue weighted by atomic mass is 9.67. The molecule has 1 saturated carbocycles. The summed E-state index contributed by atoms with van der Waals surface area (Å²) >= 11 is 0. The van der Waals surface area contributed by atoms with Crippen molar-refractivity contribution >= 4 is 29.9 Å². The molecular formula is C18H38IN3O. The van der Waals surface area contributed by atoms with Crippen LogP contribution in [0.25, 0.3) is 0 Å². The Hall–Kier alpha value is -0.0400. The van der Waals surface area contributed by atoms with Crippen LogP contribution in [0.2, 0.25) is 0 Å². The summed E-state index contributed by atoms with van der Waals surface area (Å²) in [5, 5.41) is 6.84. The zero-order valence-corrected chi connectivity index (χ0v) is 18.2. The number of ether oxygens (including phenoxy) is 1. The van der Waals surface area contributed by atoms with E-state index < -0.39 is 0 Å². The standard InChI is InChI=1S/C18H37N3O.HI/c1-6-19-16(20-13-8-9-17(2,3)4)21-15-18(10-7-11-18)12-14-22-5;/h6-15H2,1-5H3,(H2,19,20,21);1H. The zero-order valence-electron chi connectivity index (χ0n) is 15.8. The van der Waals surface area contributed by atoms with Crippen LogP contribution in [0.4, 0.5) is 0 Å². The molecule has 138 valence electrons. The summed E-state index contributed by atoms with van der Waals surface area (Å²) in [6.45, 7) is 12.7. The summed E-state index contributed by atoms with van der Waals surface area (Å²) in [7, 11) is 1.79. The molecule has 0 aromatic carbocycles. The largest absolute Gasteiger partial charge is 0.385 e. The number of aliphatic imine (C=N–C) groups is 1. The van der Waals surface area contributed by atoms with Crippen molar-refractivity contribution in [3.8, 4) is 0 Å². The minimum atomic E-state index is 0. The monoisotopic (exact) mass is 439 g/mol. The van der Waals surface area contributed by atoms with Gasteiger partial charge in [-0.05, 0) is 49.9 Å². The van der Waals surface area contributed by atoms with Gasteiger partial charge in [0, 0.05) is 33.4 Å². The van der Waals surface area contributed by atoms with Crippen LogP contribution in [-0.2, 0) is 4.74 Å². The Kier molecular flexibility index (Phi) is 11.5. The van der Waals surface area contributed by atoms with Crippen LogP contribution in [0.1, 0.15) is 66.2 Å². The fourth-order valence-corrected chi connectivity index (χ4v) is 2.90. The fraction of sp³-hybridized carbons (Fsp3) is 0.944. The Bertz CT molecular complexity index is 336. The molecule has 2 N–H and O–H groups in total. The lowest BCUT2D eigenvalue weighted by Crippen LogP contribution is -2.40. The van der Waals surface area contributed by atoms with Crippen molar-refractivity contribution in [2.45, 2.75) is 66.2 Å². The zero-order chi connectivity index (χ0) is 16.5. The van der Waals surface area contributed by atoms with Crippen molar-refractivity contribution < 1.29 is 4.74 Å². The highest BCUT2D eigenvalue weighted by atomic mass is 127. The van der Waals surface area contributed by atoms with E-state index in [2.05, 4.69) is 38.3 Å². The summed E-state index contributed by atoms with van der Waals surface area (Å²) in [5.41, 5.74) is 0.803. The van der Waals surface area contributed by atoms with E-state index in [0.717, 1.165) is 38.6 Å². The Morgan fingerprint density at radius 1 is 1.22 bits per heavy atom. The number of nitrogens with one attached hydrogen (secondary N) is 2. The molecule has 1 fully saturated rings. The molecule has 4 nitrogen and oxygen atoms in total. The van der Waals surface area contributed by atoms with E-state index in [-0.39, 0.29) is 24.0 Å². The smallest absolute Gasteiger partial charge is 0.191 e. The molecule has 0 heterocycles. The quantitative estimate of drug-likeness (QED) is 0.245. The Labute approximate surface area is 160 Å². The van der Waals surface area contributed by atoms with E-state index in [1.54, 1.807) is 7.11 Å². The second-order valence-corrected chi connectivity index (χ2v) is 7.88. The second kappa shape index (κ2) is 11.5. The molecule has 23 heavy (non-hydrogen) atoms. The Morgan fingerprint density at radius 3 is 2.39 bits per heavy atom. The SMILES string of the molecule is CCNC(=NCC1(CCOC)CCC1)NCCCC(C)(C)C.I.